The highest BCUT2D eigenvalue weighted by Gasteiger charge is 2.08. The summed E-state index contributed by atoms with van der Waals surface area (Å²) in [5.41, 5.74) is 0.929. The first-order valence-electron chi connectivity index (χ1n) is 3.27. The third-order valence-electron chi connectivity index (χ3n) is 1.50. The van der Waals surface area contributed by atoms with Gasteiger partial charge in [-0.3, -0.25) is 0 Å². The van der Waals surface area contributed by atoms with Crippen LogP contribution in [0, 0.1) is 3.57 Å². The van der Waals surface area contributed by atoms with Gasteiger partial charge >= 0.3 is 0 Å². The first-order chi connectivity index (χ1) is 5.70. The summed E-state index contributed by atoms with van der Waals surface area (Å²) in [6.07, 6.45) is 0. The Morgan fingerprint density at radius 2 is 2.17 bits per heavy atom. The largest absolute Gasteiger partial charge is 0.495 e. The van der Waals surface area contributed by atoms with E-state index in [1.807, 2.05) is 12.1 Å². The average molecular weight is 317 g/mol. The summed E-state index contributed by atoms with van der Waals surface area (Å²) in [5, 5.41) is 0.611. The van der Waals surface area contributed by atoms with E-state index >= 15 is 0 Å². The minimum Gasteiger partial charge on any atom is -0.495 e. The third-order valence-corrected chi connectivity index (χ3v) is 3.20. The van der Waals surface area contributed by atoms with Gasteiger partial charge in [-0.2, -0.15) is 0 Å². The van der Waals surface area contributed by atoms with Crippen molar-refractivity contribution < 1.29 is 4.74 Å². The molecule has 0 radical (unpaired) electrons. The van der Waals surface area contributed by atoms with Crippen LogP contribution in [0.1, 0.15) is 5.56 Å². The van der Waals surface area contributed by atoms with E-state index in [0.717, 1.165) is 9.13 Å². The standard InChI is InChI=1S/C8H7Cl2IO/c1-12-7-3-2-6(11)5(4-9)8(7)10/h2-3H,4H2,1H3. The van der Waals surface area contributed by atoms with Gasteiger partial charge in [0, 0.05) is 9.13 Å². The van der Waals surface area contributed by atoms with Crippen molar-refractivity contribution in [3.05, 3.63) is 26.3 Å². The second-order valence-corrected chi connectivity index (χ2v) is 3.98. The lowest BCUT2D eigenvalue weighted by molar-refractivity contribution is 0.414. The average Bonchev–Trinajstić information content (AvgIpc) is 2.06. The number of ether oxygens (including phenoxy) is 1. The summed E-state index contributed by atoms with van der Waals surface area (Å²) in [6.45, 7) is 0. The Kier molecular flexibility index (Phi) is 3.93. The molecular formula is C8H7Cl2IO. The molecule has 0 aliphatic carbocycles. The second kappa shape index (κ2) is 4.53. The van der Waals surface area contributed by atoms with Gasteiger partial charge < -0.3 is 4.74 Å². The normalized spacial score (nSPS) is 10.0. The summed E-state index contributed by atoms with van der Waals surface area (Å²) in [7, 11) is 1.59. The van der Waals surface area contributed by atoms with E-state index in [9.17, 15) is 0 Å². The first kappa shape index (κ1) is 10.4. The summed E-state index contributed by atoms with van der Waals surface area (Å²) in [6, 6.07) is 3.77. The maximum atomic E-state index is 6.00. The van der Waals surface area contributed by atoms with Crippen molar-refractivity contribution in [1.29, 1.82) is 0 Å². The molecule has 0 spiro atoms. The van der Waals surface area contributed by atoms with Crippen LogP contribution in [-0.2, 0) is 5.88 Å². The van der Waals surface area contributed by atoms with Gasteiger partial charge in [-0.1, -0.05) is 11.6 Å². The van der Waals surface area contributed by atoms with Crippen LogP contribution in [-0.4, -0.2) is 7.11 Å². The Morgan fingerprint density at radius 3 is 2.67 bits per heavy atom. The van der Waals surface area contributed by atoms with Crippen LogP contribution in [0.3, 0.4) is 0 Å². The van der Waals surface area contributed by atoms with Crippen molar-refractivity contribution in [3.8, 4) is 5.75 Å². The molecule has 0 aliphatic heterocycles. The van der Waals surface area contributed by atoms with Crippen molar-refractivity contribution in [2.75, 3.05) is 7.11 Å². The second-order valence-electron chi connectivity index (χ2n) is 2.18. The maximum absolute atomic E-state index is 6.00. The summed E-state index contributed by atoms with van der Waals surface area (Å²) >= 11 is 13.9. The predicted octanol–water partition coefficient (Wildman–Crippen LogP) is 3.69. The molecule has 66 valence electrons. The van der Waals surface area contributed by atoms with Crippen molar-refractivity contribution in [1.82, 2.24) is 0 Å². The van der Waals surface area contributed by atoms with Gasteiger partial charge in [0.1, 0.15) is 5.75 Å². The number of rotatable bonds is 2. The number of hydrogen-bond acceptors (Lipinski definition) is 1. The molecule has 1 nitrogen and oxygen atoms in total. The quantitative estimate of drug-likeness (QED) is 0.597. The van der Waals surface area contributed by atoms with Gasteiger partial charge in [0.25, 0.3) is 0 Å². The van der Waals surface area contributed by atoms with E-state index < -0.39 is 0 Å². The van der Waals surface area contributed by atoms with Crippen LogP contribution in [0.25, 0.3) is 0 Å². The highest BCUT2D eigenvalue weighted by molar-refractivity contribution is 14.1. The van der Waals surface area contributed by atoms with Gasteiger partial charge in [0.2, 0.25) is 0 Å². The minimum atomic E-state index is 0.411. The topological polar surface area (TPSA) is 9.23 Å². The molecule has 0 saturated heterocycles. The van der Waals surface area contributed by atoms with Crippen LogP contribution in [0.5, 0.6) is 5.75 Å². The SMILES string of the molecule is COc1ccc(I)c(CCl)c1Cl. The lowest BCUT2D eigenvalue weighted by Crippen LogP contribution is -1.91. The Morgan fingerprint density at radius 1 is 1.50 bits per heavy atom. The highest BCUT2D eigenvalue weighted by Crippen LogP contribution is 2.32. The summed E-state index contributed by atoms with van der Waals surface area (Å²) in [4.78, 5) is 0. The molecule has 0 unspecified atom stereocenters. The van der Waals surface area contributed by atoms with Crippen molar-refractivity contribution in [3.63, 3.8) is 0 Å². The first-order valence-corrected chi connectivity index (χ1v) is 5.26. The van der Waals surface area contributed by atoms with E-state index in [-0.39, 0.29) is 0 Å². The van der Waals surface area contributed by atoms with Gasteiger partial charge in [0.05, 0.1) is 18.0 Å². The molecule has 0 aliphatic rings. The molecule has 0 amide bonds. The van der Waals surface area contributed by atoms with Gasteiger partial charge in [0.15, 0.2) is 0 Å². The van der Waals surface area contributed by atoms with Crippen molar-refractivity contribution in [2.45, 2.75) is 5.88 Å². The Bertz CT molecular complexity index is 289. The predicted molar refractivity (Wildman–Crippen MR) is 60.3 cm³/mol. The maximum Gasteiger partial charge on any atom is 0.137 e. The minimum absolute atomic E-state index is 0.411. The van der Waals surface area contributed by atoms with Crippen LogP contribution in [0.15, 0.2) is 12.1 Å². The van der Waals surface area contributed by atoms with E-state index in [2.05, 4.69) is 22.6 Å². The summed E-state index contributed by atoms with van der Waals surface area (Å²) in [5.74, 6) is 1.08. The van der Waals surface area contributed by atoms with E-state index in [0.29, 0.717) is 16.7 Å². The number of hydrogen-bond donors (Lipinski definition) is 0. The molecule has 0 aromatic heterocycles. The molecule has 0 heterocycles. The molecule has 0 N–H and O–H groups in total. The molecule has 1 aromatic rings. The van der Waals surface area contributed by atoms with Gasteiger partial charge in [-0.25, -0.2) is 0 Å². The zero-order valence-electron chi connectivity index (χ0n) is 6.40. The molecule has 0 bridgehead atoms. The zero-order chi connectivity index (χ0) is 9.14. The molecule has 0 fully saturated rings. The molecular weight excluding hydrogens is 310 g/mol. The summed E-state index contributed by atoms with van der Waals surface area (Å²) < 4.78 is 6.11. The highest BCUT2D eigenvalue weighted by atomic mass is 127. The van der Waals surface area contributed by atoms with E-state index in [1.54, 1.807) is 7.11 Å². The van der Waals surface area contributed by atoms with Crippen molar-refractivity contribution >= 4 is 45.8 Å². The van der Waals surface area contributed by atoms with E-state index in [1.165, 1.54) is 0 Å². The number of benzene rings is 1. The fraction of sp³-hybridized carbons (Fsp3) is 0.250. The molecule has 1 rings (SSSR count). The molecule has 0 atom stereocenters. The van der Waals surface area contributed by atoms with Crippen molar-refractivity contribution in [2.24, 2.45) is 0 Å². The zero-order valence-corrected chi connectivity index (χ0v) is 10.1. The number of alkyl halides is 1. The van der Waals surface area contributed by atoms with E-state index in [4.69, 9.17) is 27.9 Å². The third kappa shape index (κ3) is 1.98. The number of methoxy groups -OCH3 is 1. The number of halogens is 3. The van der Waals surface area contributed by atoms with Crippen LogP contribution < -0.4 is 4.74 Å². The van der Waals surface area contributed by atoms with Gasteiger partial charge in [-0.15, -0.1) is 11.6 Å². The van der Waals surface area contributed by atoms with Crippen LogP contribution in [0.4, 0.5) is 0 Å². The molecule has 4 heteroatoms. The molecule has 1 aromatic carbocycles. The Hall–Kier alpha value is 0.330. The fourth-order valence-electron chi connectivity index (χ4n) is 0.856. The Labute approximate surface area is 95.1 Å². The fourth-order valence-corrected chi connectivity index (χ4v) is 2.54. The lowest BCUT2D eigenvalue weighted by atomic mass is 10.2. The van der Waals surface area contributed by atoms with Crippen LogP contribution in [0.2, 0.25) is 5.02 Å². The molecule has 0 saturated carbocycles. The Balaban J connectivity index is 3.24. The van der Waals surface area contributed by atoms with Crippen LogP contribution >= 0.6 is 45.8 Å². The lowest BCUT2D eigenvalue weighted by Gasteiger charge is -2.07. The smallest absolute Gasteiger partial charge is 0.137 e. The van der Waals surface area contributed by atoms with Gasteiger partial charge in [-0.05, 0) is 34.7 Å². The molecule has 12 heavy (non-hydrogen) atoms. The monoisotopic (exact) mass is 316 g/mol.